The molecular formula is C13H20N2O4S. The number of nitrogens with one attached hydrogen (secondary N) is 1. The molecule has 0 spiro atoms. The zero-order chi connectivity index (χ0) is 14.3. The lowest BCUT2D eigenvalue weighted by Gasteiger charge is -2.34. The molecule has 0 bridgehead atoms. The number of rotatable bonds is 2. The number of carbonyl (C=O) groups is 2. The molecule has 3 fully saturated rings. The lowest BCUT2D eigenvalue weighted by molar-refractivity contribution is -0.135. The standard InChI is InChI=1S/C13H20N2O4S/c16-11-5-6-15(10-2-1-7-20(18,19)8-10)13(17)12(14-11)9-3-4-9/h9-10,12H,1-8H2,(H,14,16). The molecule has 0 aromatic rings. The molecule has 2 atom stereocenters. The quantitative estimate of drug-likeness (QED) is 0.758. The van der Waals surface area contributed by atoms with Gasteiger partial charge in [-0.25, -0.2) is 8.42 Å². The topological polar surface area (TPSA) is 83.6 Å². The van der Waals surface area contributed by atoms with Crippen molar-refractivity contribution in [1.82, 2.24) is 10.2 Å². The monoisotopic (exact) mass is 300 g/mol. The van der Waals surface area contributed by atoms with E-state index in [1.807, 2.05) is 0 Å². The van der Waals surface area contributed by atoms with Gasteiger partial charge in [0, 0.05) is 19.0 Å². The minimum atomic E-state index is -3.05. The summed E-state index contributed by atoms with van der Waals surface area (Å²) in [5, 5.41) is 2.80. The molecule has 0 aromatic carbocycles. The maximum Gasteiger partial charge on any atom is 0.245 e. The summed E-state index contributed by atoms with van der Waals surface area (Å²) in [6.07, 6.45) is 3.52. The largest absolute Gasteiger partial charge is 0.344 e. The van der Waals surface area contributed by atoms with E-state index < -0.39 is 15.9 Å². The van der Waals surface area contributed by atoms with Gasteiger partial charge in [0.05, 0.1) is 11.5 Å². The van der Waals surface area contributed by atoms with Crippen LogP contribution in [0.5, 0.6) is 0 Å². The van der Waals surface area contributed by atoms with Gasteiger partial charge in [0.1, 0.15) is 6.04 Å². The van der Waals surface area contributed by atoms with Crippen LogP contribution in [0.1, 0.15) is 32.1 Å². The van der Waals surface area contributed by atoms with Crippen LogP contribution in [0.15, 0.2) is 0 Å². The van der Waals surface area contributed by atoms with Gasteiger partial charge >= 0.3 is 0 Å². The molecule has 3 rings (SSSR count). The molecule has 2 saturated heterocycles. The second kappa shape index (κ2) is 5.02. The first-order valence-corrected chi connectivity index (χ1v) is 9.09. The third kappa shape index (κ3) is 2.82. The summed E-state index contributed by atoms with van der Waals surface area (Å²) in [6, 6.07) is -0.690. The van der Waals surface area contributed by atoms with E-state index in [2.05, 4.69) is 5.32 Å². The van der Waals surface area contributed by atoms with E-state index in [1.54, 1.807) is 4.90 Å². The SMILES string of the molecule is O=C1CCN(C2CCCS(=O)(=O)C2)C(=O)C(C2CC2)N1. The van der Waals surface area contributed by atoms with Gasteiger partial charge in [-0.1, -0.05) is 0 Å². The number of carbonyl (C=O) groups excluding carboxylic acids is 2. The maximum absolute atomic E-state index is 12.6. The van der Waals surface area contributed by atoms with Gasteiger partial charge in [0.15, 0.2) is 9.84 Å². The molecule has 3 aliphatic rings. The van der Waals surface area contributed by atoms with Crippen LogP contribution in [-0.2, 0) is 19.4 Å². The number of hydrogen-bond acceptors (Lipinski definition) is 4. The third-order valence-corrected chi connectivity index (χ3v) is 6.22. The van der Waals surface area contributed by atoms with E-state index >= 15 is 0 Å². The minimum absolute atomic E-state index is 0.0459. The summed E-state index contributed by atoms with van der Waals surface area (Å²) >= 11 is 0. The van der Waals surface area contributed by atoms with E-state index in [1.165, 1.54) is 0 Å². The van der Waals surface area contributed by atoms with Crippen LogP contribution in [-0.4, -0.2) is 55.3 Å². The lowest BCUT2D eigenvalue weighted by atomic mass is 10.1. The highest BCUT2D eigenvalue weighted by Gasteiger charge is 2.43. The van der Waals surface area contributed by atoms with Gasteiger partial charge in [-0.3, -0.25) is 9.59 Å². The molecular weight excluding hydrogens is 280 g/mol. The summed E-state index contributed by atoms with van der Waals surface area (Å²) in [7, 11) is -3.05. The molecule has 7 heteroatoms. The Bertz CT molecular complexity index is 526. The molecule has 1 saturated carbocycles. The smallest absolute Gasteiger partial charge is 0.245 e. The van der Waals surface area contributed by atoms with Crippen LogP contribution >= 0.6 is 0 Å². The Labute approximate surface area is 118 Å². The van der Waals surface area contributed by atoms with Crippen LogP contribution in [0.2, 0.25) is 0 Å². The maximum atomic E-state index is 12.6. The van der Waals surface area contributed by atoms with Crippen molar-refractivity contribution in [3.63, 3.8) is 0 Å². The summed E-state index contributed by atoms with van der Waals surface area (Å²) in [6.45, 7) is 0.341. The molecule has 2 heterocycles. The van der Waals surface area contributed by atoms with Gasteiger partial charge in [0.25, 0.3) is 0 Å². The van der Waals surface area contributed by atoms with E-state index in [4.69, 9.17) is 0 Å². The highest BCUT2D eigenvalue weighted by Crippen LogP contribution is 2.35. The Morgan fingerprint density at radius 1 is 1.15 bits per heavy atom. The number of nitrogens with zero attached hydrogens (tertiary/aromatic N) is 1. The summed E-state index contributed by atoms with van der Waals surface area (Å²) in [5.74, 6) is 0.322. The Morgan fingerprint density at radius 3 is 2.55 bits per heavy atom. The van der Waals surface area contributed by atoms with E-state index in [0.717, 1.165) is 19.3 Å². The third-order valence-electron chi connectivity index (χ3n) is 4.42. The van der Waals surface area contributed by atoms with Crippen LogP contribution in [0, 0.1) is 5.92 Å². The molecule has 112 valence electrons. The minimum Gasteiger partial charge on any atom is -0.344 e. The van der Waals surface area contributed by atoms with Crippen molar-refractivity contribution in [1.29, 1.82) is 0 Å². The van der Waals surface area contributed by atoms with Crippen molar-refractivity contribution < 1.29 is 18.0 Å². The summed E-state index contributed by atoms with van der Waals surface area (Å²) < 4.78 is 23.5. The van der Waals surface area contributed by atoms with Crippen molar-refractivity contribution in [2.45, 2.75) is 44.2 Å². The fourth-order valence-electron chi connectivity index (χ4n) is 3.17. The molecule has 20 heavy (non-hydrogen) atoms. The molecule has 0 aromatic heterocycles. The van der Waals surface area contributed by atoms with Gasteiger partial charge < -0.3 is 10.2 Å². The van der Waals surface area contributed by atoms with Crippen LogP contribution in [0.3, 0.4) is 0 Å². The van der Waals surface area contributed by atoms with Crippen molar-refractivity contribution in [2.75, 3.05) is 18.1 Å². The molecule has 2 aliphatic heterocycles. The van der Waals surface area contributed by atoms with Gasteiger partial charge in [-0.15, -0.1) is 0 Å². The van der Waals surface area contributed by atoms with Crippen LogP contribution in [0.4, 0.5) is 0 Å². The zero-order valence-electron chi connectivity index (χ0n) is 11.4. The Hall–Kier alpha value is -1.11. The first-order valence-electron chi connectivity index (χ1n) is 7.26. The van der Waals surface area contributed by atoms with Crippen LogP contribution in [0.25, 0.3) is 0 Å². The number of hydrogen-bond donors (Lipinski definition) is 1. The average Bonchev–Trinajstić information content (AvgIpc) is 3.18. The van der Waals surface area contributed by atoms with Gasteiger partial charge in [0.2, 0.25) is 11.8 Å². The summed E-state index contributed by atoms with van der Waals surface area (Å²) in [5.41, 5.74) is 0. The number of amides is 2. The normalized spacial score (nSPS) is 34.5. The predicted molar refractivity (Wildman–Crippen MR) is 72.7 cm³/mol. The van der Waals surface area contributed by atoms with Crippen molar-refractivity contribution in [3.05, 3.63) is 0 Å². The highest BCUT2D eigenvalue weighted by molar-refractivity contribution is 7.91. The van der Waals surface area contributed by atoms with E-state index in [-0.39, 0.29) is 41.7 Å². The average molecular weight is 300 g/mol. The number of sulfone groups is 1. The first kappa shape index (κ1) is 13.9. The molecule has 1 aliphatic carbocycles. The molecule has 2 unspecified atom stereocenters. The molecule has 1 N–H and O–H groups in total. The fourth-order valence-corrected chi connectivity index (χ4v) is 4.88. The Kier molecular flexibility index (Phi) is 3.48. The van der Waals surface area contributed by atoms with Crippen molar-refractivity contribution in [3.8, 4) is 0 Å². The first-order chi connectivity index (χ1) is 9.46. The van der Waals surface area contributed by atoms with Crippen molar-refractivity contribution in [2.24, 2.45) is 5.92 Å². The van der Waals surface area contributed by atoms with E-state index in [9.17, 15) is 18.0 Å². The van der Waals surface area contributed by atoms with E-state index in [0.29, 0.717) is 13.0 Å². The predicted octanol–water partition coefficient (Wildman–Crippen LogP) is -0.309. The highest BCUT2D eigenvalue weighted by atomic mass is 32.2. The van der Waals surface area contributed by atoms with Gasteiger partial charge in [-0.05, 0) is 31.6 Å². The second-order valence-electron chi connectivity index (χ2n) is 6.07. The van der Waals surface area contributed by atoms with Crippen molar-refractivity contribution >= 4 is 21.7 Å². The Morgan fingerprint density at radius 2 is 1.90 bits per heavy atom. The summed E-state index contributed by atoms with van der Waals surface area (Å²) in [4.78, 5) is 26.0. The molecule has 6 nitrogen and oxygen atoms in total. The Balaban J connectivity index is 1.79. The zero-order valence-corrected chi connectivity index (χ0v) is 12.2. The van der Waals surface area contributed by atoms with Gasteiger partial charge in [-0.2, -0.15) is 0 Å². The second-order valence-corrected chi connectivity index (χ2v) is 8.30. The fraction of sp³-hybridized carbons (Fsp3) is 0.846. The lowest BCUT2D eigenvalue weighted by Crippen LogP contribution is -2.52. The van der Waals surface area contributed by atoms with Crippen LogP contribution < -0.4 is 5.32 Å². The molecule has 2 amide bonds. The molecule has 0 radical (unpaired) electrons.